The van der Waals surface area contributed by atoms with Gasteiger partial charge in [0.1, 0.15) is 28.5 Å². The fourth-order valence-corrected chi connectivity index (χ4v) is 3.53. The van der Waals surface area contributed by atoms with E-state index in [9.17, 15) is 18.4 Å². The third-order valence-electron chi connectivity index (χ3n) is 5.86. The van der Waals surface area contributed by atoms with Gasteiger partial charge in [-0.2, -0.15) is 0 Å². The second kappa shape index (κ2) is 10.7. The van der Waals surface area contributed by atoms with Crippen LogP contribution < -0.4 is 24.8 Å². The predicted octanol–water partition coefficient (Wildman–Crippen LogP) is 5.93. The van der Waals surface area contributed by atoms with Gasteiger partial charge in [0.25, 0.3) is 0 Å². The van der Waals surface area contributed by atoms with Crippen molar-refractivity contribution in [2.45, 2.75) is 13.8 Å². The monoisotopic (exact) mass is 521 g/mol. The first-order chi connectivity index (χ1) is 18.1. The van der Waals surface area contributed by atoms with Gasteiger partial charge >= 0.3 is 0 Å². The van der Waals surface area contributed by atoms with E-state index in [1.54, 1.807) is 62.9 Å². The summed E-state index contributed by atoms with van der Waals surface area (Å²) < 4.78 is 43.8. The van der Waals surface area contributed by atoms with Crippen LogP contribution >= 0.6 is 0 Å². The van der Waals surface area contributed by atoms with E-state index < -0.39 is 28.9 Å². The number of amides is 2. The Morgan fingerprint density at radius 3 is 2.13 bits per heavy atom. The molecule has 2 N–H and O–H groups in total. The fourth-order valence-electron chi connectivity index (χ4n) is 3.53. The Bertz CT molecular complexity index is 1510. The number of pyridine rings is 1. The maximum absolute atomic E-state index is 13.9. The van der Waals surface area contributed by atoms with E-state index >= 15 is 0 Å². The molecule has 4 rings (SSSR count). The zero-order valence-electron chi connectivity index (χ0n) is 21.1. The Morgan fingerprint density at radius 2 is 1.47 bits per heavy atom. The molecule has 196 valence electrons. The Hall–Kier alpha value is -4.73. The van der Waals surface area contributed by atoms with E-state index in [2.05, 4.69) is 15.6 Å². The number of anilines is 2. The van der Waals surface area contributed by atoms with Crippen molar-refractivity contribution < 1.29 is 32.6 Å². The Kier molecular flexibility index (Phi) is 7.43. The molecule has 0 aliphatic carbocycles. The second-order valence-corrected chi connectivity index (χ2v) is 8.82. The highest BCUT2D eigenvalue weighted by molar-refractivity contribution is 6.14. The quantitative estimate of drug-likeness (QED) is 0.279. The SMILES string of the molecule is COc1cc2nccc(Oc3ccc(NC(=O)C(C)(C)C(=O)Nc4ccc(F)cc4F)cc3)c2cc1OC. The molecule has 0 unspecified atom stereocenters. The molecule has 0 spiro atoms. The van der Waals surface area contributed by atoms with E-state index in [0.29, 0.717) is 45.7 Å². The fraction of sp³-hybridized carbons (Fsp3) is 0.179. The largest absolute Gasteiger partial charge is 0.493 e. The summed E-state index contributed by atoms with van der Waals surface area (Å²) in [6.45, 7) is 2.79. The Morgan fingerprint density at radius 1 is 0.816 bits per heavy atom. The molecule has 8 nitrogen and oxygen atoms in total. The van der Waals surface area contributed by atoms with Crippen LogP contribution in [0.1, 0.15) is 13.8 Å². The van der Waals surface area contributed by atoms with Gasteiger partial charge in [0.2, 0.25) is 11.8 Å². The van der Waals surface area contributed by atoms with E-state index in [4.69, 9.17) is 14.2 Å². The van der Waals surface area contributed by atoms with Crippen LogP contribution in [0.3, 0.4) is 0 Å². The summed E-state index contributed by atoms with van der Waals surface area (Å²) in [5.41, 5.74) is -0.711. The van der Waals surface area contributed by atoms with Crippen LogP contribution in [-0.2, 0) is 9.59 Å². The normalized spacial score (nSPS) is 11.1. The molecule has 0 saturated carbocycles. The average Bonchev–Trinajstić information content (AvgIpc) is 2.90. The molecular weight excluding hydrogens is 496 g/mol. The number of carbonyl (C=O) groups is 2. The van der Waals surface area contributed by atoms with Gasteiger partial charge in [-0.15, -0.1) is 0 Å². The van der Waals surface area contributed by atoms with Crippen molar-refractivity contribution in [1.82, 2.24) is 4.98 Å². The van der Waals surface area contributed by atoms with Gasteiger partial charge in [0, 0.05) is 29.4 Å². The highest BCUT2D eigenvalue weighted by Crippen LogP contribution is 2.37. The van der Waals surface area contributed by atoms with E-state index in [0.717, 1.165) is 12.1 Å². The minimum Gasteiger partial charge on any atom is -0.493 e. The summed E-state index contributed by atoms with van der Waals surface area (Å²) >= 11 is 0. The molecule has 38 heavy (non-hydrogen) atoms. The van der Waals surface area contributed by atoms with Gasteiger partial charge < -0.3 is 24.8 Å². The van der Waals surface area contributed by atoms with Gasteiger partial charge in [0.05, 0.1) is 25.4 Å². The maximum Gasteiger partial charge on any atom is 0.239 e. The number of methoxy groups -OCH3 is 2. The number of nitrogens with zero attached hydrogens (tertiary/aromatic N) is 1. The Balaban J connectivity index is 1.46. The van der Waals surface area contributed by atoms with Gasteiger partial charge in [0.15, 0.2) is 11.5 Å². The van der Waals surface area contributed by atoms with E-state index in [1.807, 2.05) is 0 Å². The molecular formula is C28H25F2N3O5. The lowest BCUT2D eigenvalue weighted by Gasteiger charge is -2.23. The molecule has 2 amide bonds. The van der Waals surface area contributed by atoms with Crippen molar-refractivity contribution in [2.75, 3.05) is 24.9 Å². The summed E-state index contributed by atoms with van der Waals surface area (Å²) in [5.74, 6) is -0.974. The number of fused-ring (bicyclic) bond motifs is 1. The van der Waals surface area contributed by atoms with Crippen LogP contribution in [0.5, 0.6) is 23.0 Å². The summed E-state index contributed by atoms with van der Waals surface area (Å²) in [5, 5.41) is 5.71. The van der Waals surface area contributed by atoms with Gasteiger partial charge in [-0.3, -0.25) is 14.6 Å². The van der Waals surface area contributed by atoms with Gasteiger partial charge in [-0.05, 0) is 62.4 Å². The minimum absolute atomic E-state index is 0.224. The number of hydrogen-bond donors (Lipinski definition) is 2. The zero-order valence-corrected chi connectivity index (χ0v) is 21.1. The molecule has 0 fully saturated rings. The number of benzene rings is 3. The highest BCUT2D eigenvalue weighted by Gasteiger charge is 2.36. The van der Waals surface area contributed by atoms with Crippen molar-refractivity contribution in [3.8, 4) is 23.0 Å². The maximum atomic E-state index is 13.9. The molecule has 0 saturated heterocycles. The molecule has 0 radical (unpaired) electrons. The lowest BCUT2D eigenvalue weighted by Crippen LogP contribution is -2.41. The van der Waals surface area contributed by atoms with E-state index in [-0.39, 0.29) is 5.69 Å². The summed E-state index contributed by atoms with van der Waals surface area (Å²) in [6.07, 6.45) is 1.61. The molecule has 0 bridgehead atoms. The van der Waals surface area contributed by atoms with Crippen LogP contribution in [0, 0.1) is 17.0 Å². The number of halogens is 2. The number of carbonyl (C=O) groups excluding carboxylic acids is 2. The number of hydrogen-bond acceptors (Lipinski definition) is 6. The Labute approximate surface area is 217 Å². The second-order valence-electron chi connectivity index (χ2n) is 8.82. The molecule has 4 aromatic rings. The number of nitrogens with one attached hydrogen (secondary N) is 2. The minimum atomic E-state index is -1.56. The zero-order chi connectivity index (χ0) is 27.4. The first kappa shape index (κ1) is 26.3. The summed E-state index contributed by atoms with van der Waals surface area (Å²) in [6, 6.07) is 14.5. The van der Waals surface area contributed by atoms with E-state index in [1.165, 1.54) is 13.8 Å². The van der Waals surface area contributed by atoms with Crippen LogP contribution in [0.2, 0.25) is 0 Å². The van der Waals surface area contributed by atoms with Crippen LogP contribution in [0.4, 0.5) is 20.2 Å². The number of ether oxygens (including phenoxy) is 3. The van der Waals surface area contributed by atoms with Crippen LogP contribution in [0.15, 0.2) is 66.9 Å². The topological polar surface area (TPSA) is 98.8 Å². The van der Waals surface area contributed by atoms with Crippen LogP contribution in [-0.4, -0.2) is 31.0 Å². The molecule has 10 heteroatoms. The van der Waals surface area contributed by atoms with Crippen molar-refractivity contribution in [3.63, 3.8) is 0 Å². The molecule has 0 atom stereocenters. The summed E-state index contributed by atoms with van der Waals surface area (Å²) in [4.78, 5) is 29.9. The first-order valence-corrected chi connectivity index (χ1v) is 11.5. The number of aromatic nitrogens is 1. The lowest BCUT2D eigenvalue weighted by molar-refractivity contribution is -0.135. The number of rotatable bonds is 8. The molecule has 3 aromatic carbocycles. The van der Waals surface area contributed by atoms with Crippen LogP contribution in [0.25, 0.3) is 10.9 Å². The van der Waals surface area contributed by atoms with Crippen molar-refractivity contribution in [3.05, 3.63) is 78.5 Å². The molecule has 0 aliphatic rings. The van der Waals surface area contributed by atoms with Crippen molar-refractivity contribution >= 4 is 34.1 Å². The third-order valence-corrected chi connectivity index (χ3v) is 5.86. The standard InChI is InChI=1S/C28H25F2N3O5/c1-28(2,27(35)33-21-10-5-16(29)13-20(21)30)26(34)32-17-6-8-18(9-7-17)38-23-11-12-31-22-15-25(37-4)24(36-3)14-19(22)23/h5-15H,1-4H3,(H,32,34)(H,33,35). The van der Waals surface area contributed by atoms with Gasteiger partial charge in [-0.1, -0.05) is 0 Å². The summed E-state index contributed by atoms with van der Waals surface area (Å²) in [7, 11) is 3.09. The highest BCUT2D eigenvalue weighted by atomic mass is 19.1. The van der Waals surface area contributed by atoms with Gasteiger partial charge in [-0.25, -0.2) is 8.78 Å². The van der Waals surface area contributed by atoms with Crippen molar-refractivity contribution in [2.24, 2.45) is 5.41 Å². The predicted molar refractivity (Wildman–Crippen MR) is 139 cm³/mol. The third kappa shape index (κ3) is 5.49. The lowest BCUT2D eigenvalue weighted by atomic mass is 9.90. The molecule has 0 aliphatic heterocycles. The average molecular weight is 522 g/mol. The first-order valence-electron chi connectivity index (χ1n) is 11.5. The van der Waals surface area contributed by atoms with Crippen molar-refractivity contribution in [1.29, 1.82) is 0 Å². The molecule has 1 aromatic heterocycles. The molecule has 1 heterocycles. The smallest absolute Gasteiger partial charge is 0.239 e.